The van der Waals surface area contributed by atoms with Crippen molar-refractivity contribution in [2.45, 2.75) is 13.8 Å². The number of rotatable bonds is 6. The summed E-state index contributed by atoms with van der Waals surface area (Å²) in [6.45, 7) is 3.09. The Kier molecular flexibility index (Phi) is 4.78. The lowest BCUT2D eigenvalue weighted by Gasteiger charge is -2.21. The Morgan fingerprint density at radius 3 is 1.71 bits per heavy atom. The fourth-order valence-electron chi connectivity index (χ4n) is 2.30. The molecule has 0 bridgehead atoms. The van der Waals surface area contributed by atoms with E-state index < -0.39 is 16.1 Å². The molecule has 2 rings (SSSR count). The molecule has 0 heterocycles. The van der Waals surface area contributed by atoms with E-state index in [9.17, 15) is 19.7 Å². The summed E-state index contributed by atoms with van der Waals surface area (Å²) in [5.41, 5.74) is -0.737. The molecule has 0 spiro atoms. The van der Waals surface area contributed by atoms with Crippen molar-refractivity contribution >= 4 is 17.3 Å². The van der Waals surface area contributed by atoms with Gasteiger partial charge in [-0.3, -0.25) is 19.7 Å². The quantitative estimate of drug-likeness (QED) is 0.349. The molecule has 2 aromatic rings. The minimum absolute atomic E-state index is 0.106. The van der Waals surface area contributed by atoms with Crippen LogP contribution in [0.4, 0.5) is 5.69 Å². The Labute approximate surface area is 139 Å². The highest BCUT2D eigenvalue weighted by Crippen LogP contribution is 2.28. The van der Waals surface area contributed by atoms with E-state index in [0.29, 0.717) is 11.3 Å². The molecule has 0 atom stereocenters. The second-order valence-electron chi connectivity index (χ2n) is 5.82. The Balaban J connectivity index is 2.28. The standard InChI is InChI=1S/C18H17NO5/c1-18(2,17(21)13-6-10-15(24-3)11-7-13)16(20)12-4-8-14(9-5-12)19(22)23/h4-11H,1-3H3. The summed E-state index contributed by atoms with van der Waals surface area (Å²) in [7, 11) is 1.53. The van der Waals surface area contributed by atoms with Gasteiger partial charge >= 0.3 is 0 Å². The smallest absolute Gasteiger partial charge is 0.269 e. The molecular formula is C18H17NO5. The first kappa shape index (κ1) is 17.3. The van der Waals surface area contributed by atoms with Gasteiger partial charge < -0.3 is 4.74 Å². The number of Topliss-reactive ketones (excluding diaryl/α,β-unsaturated/α-hetero) is 2. The van der Waals surface area contributed by atoms with Gasteiger partial charge in [-0.1, -0.05) is 0 Å². The topological polar surface area (TPSA) is 86.5 Å². The first-order valence-corrected chi connectivity index (χ1v) is 7.25. The highest BCUT2D eigenvalue weighted by molar-refractivity contribution is 6.19. The van der Waals surface area contributed by atoms with E-state index in [4.69, 9.17) is 4.74 Å². The average Bonchev–Trinajstić information content (AvgIpc) is 2.60. The number of ether oxygens (including phenoxy) is 1. The van der Waals surface area contributed by atoms with Gasteiger partial charge in [-0.25, -0.2) is 0 Å². The zero-order chi connectivity index (χ0) is 17.9. The molecule has 6 nitrogen and oxygen atoms in total. The number of nitro groups is 1. The maximum atomic E-state index is 12.7. The first-order valence-electron chi connectivity index (χ1n) is 7.25. The van der Waals surface area contributed by atoms with E-state index in [0.717, 1.165) is 0 Å². The summed E-state index contributed by atoms with van der Waals surface area (Å²) in [6, 6.07) is 11.7. The van der Waals surface area contributed by atoms with Gasteiger partial charge in [0.2, 0.25) is 0 Å². The van der Waals surface area contributed by atoms with E-state index >= 15 is 0 Å². The summed E-state index contributed by atoms with van der Waals surface area (Å²) in [5, 5.41) is 10.7. The largest absolute Gasteiger partial charge is 0.497 e. The molecule has 0 fully saturated rings. The molecule has 0 aliphatic heterocycles. The third-order valence-electron chi connectivity index (χ3n) is 3.83. The molecule has 0 saturated heterocycles. The lowest BCUT2D eigenvalue weighted by atomic mass is 9.78. The van der Waals surface area contributed by atoms with Crippen LogP contribution in [0.5, 0.6) is 5.75 Å². The molecule has 0 N–H and O–H groups in total. The van der Waals surface area contributed by atoms with E-state index in [1.165, 1.54) is 31.4 Å². The van der Waals surface area contributed by atoms with Crippen LogP contribution >= 0.6 is 0 Å². The number of hydrogen-bond acceptors (Lipinski definition) is 5. The SMILES string of the molecule is COc1ccc(C(=O)C(C)(C)C(=O)c2ccc([N+](=O)[O-])cc2)cc1. The monoisotopic (exact) mass is 327 g/mol. The minimum Gasteiger partial charge on any atom is -0.497 e. The van der Waals surface area contributed by atoms with Crippen LogP contribution in [0.15, 0.2) is 48.5 Å². The van der Waals surface area contributed by atoms with Gasteiger partial charge in [-0.05, 0) is 50.2 Å². The summed E-state index contributed by atoms with van der Waals surface area (Å²) < 4.78 is 5.05. The van der Waals surface area contributed by atoms with Crippen molar-refractivity contribution in [3.8, 4) is 5.75 Å². The van der Waals surface area contributed by atoms with Crippen molar-refractivity contribution in [3.63, 3.8) is 0 Å². The number of hydrogen-bond donors (Lipinski definition) is 0. The van der Waals surface area contributed by atoms with E-state index in [1.807, 2.05) is 0 Å². The fraction of sp³-hybridized carbons (Fsp3) is 0.222. The van der Waals surface area contributed by atoms with Gasteiger partial charge in [0.25, 0.3) is 5.69 Å². The molecule has 0 aliphatic rings. The van der Waals surface area contributed by atoms with Crippen LogP contribution in [-0.2, 0) is 0 Å². The van der Waals surface area contributed by atoms with Gasteiger partial charge in [-0.2, -0.15) is 0 Å². The third kappa shape index (κ3) is 3.32. The Morgan fingerprint density at radius 2 is 1.33 bits per heavy atom. The number of ketones is 2. The number of carbonyl (C=O) groups excluding carboxylic acids is 2. The Morgan fingerprint density at radius 1 is 0.917 bits per heavy atom. The fourth-order valence-corrected chi connectivity index (χ4v) is 2.30. The molecule has 0 unspecified atom stereocenters. The maximum Gasteiger partial charge on any atom is 0.269 e. The van der Waals surface area contributed by atoms with Gasteiger partial charge in [-0.15, -0.1) is 0 Å². The lowest BCUT2D eigenvalue weighted by molar-refractivity contribution is -0.384. The molecule has 24 heavy (non-hydrogen) atoms. The normalized spacial score (nSPS) is 11.0. The van der Waals surface area contributed by atoms with Crippen molar-refractivity contribution in [2.75, 3.05) is 7.11 Å². The van der Waals surface area contributed by atoms with Crippen LogP contribution in [-0.4, -0.2) is 23.6 Å². The van der Waals surface area contributed by atoms with Crippen LogP contribution < -0.4 is 4.74 Å². The molecule has 0 saturated carbocycles. The molecule has 0 aliphatic carbocycles. The van der Waals surface area contributed by atoms with Crippen LogP contribution in [0, 0.1) is 15.5 Å². The van der Waals surface area contributed by atoms with Gasteiger partial charge in [0, 0.05) is 23.3 Å². The van der Waals surface area contributed by atoms with Crippen LogP contribution in [0.2, 0.25) is 0 Å². The number of benzene rings is 2. The van der Waals surface area contributed by atoms with Crippen LogP contribution in [0.1, 0.15) is 34.6 Å². The molecular weight excluding hydrogens is 310 g/mol. The number of nitrogens with zero attached hydrogens (tertiary/aromatic N) is 1. The summed E-state index contributed by atoms with van der Waals surface area (Å²) in [4.78, 5) is 35.5. The molecule has 6 heteroatoms. The Bertz CT molecular complexity index is 776. The summed E-state index contributed by atoms with van der Waals surface area (Å²) in [6.07, 6.45) is 0. The van der Waals surface area contributed by atoms with Crippen molar-refractivity contribution < 1.29 is 19.2 Å². The number of carbonyl (C=O) groups is 2. The maximum absolute atomic E-state index is 12.7. The third-order valence-corrected chi connectivity index (χ3v) is 3.83. The van der Waals surface area contributed by atoms with Crippen LogP contribution in [0.3, 0.4) is 0 Å². The summed E-state index contributed by atoms with van der Waals surface area (Å²) in [5.74, 6) is -0.0993. The molecule has 0 aromatic heterocycles. The molecule has 0 radical (unpaired) electrons. The minimum atomic E-state index is -1.29. The predicted molar refractivity (Wildman–Crippen MR) is 88.5 cm³/mol. The van der Waals surface area contributed by atoms with Crippen molar-refractivity contribution in [2.24, 2.45) is 5.41 Å². The summed E-state index contributed by atoms with van der Waals surface area (Å²) >= 11 is 0. The van der Waals surface area contributed by atoms with Gasteiger partial charge in [0.05, 0.1) is 17.4 Å². The zero-order valence-electron chi connectivity index (χ0n) is 13.6. The van der Waals surface area contributed by atoms with Crippen molar-refractivity contribution in [1.82, 2.24) is 0 Å². The van der Waals surface area contributed by atoms with Gasteiger partial charge in [0.1, 0.15) is 5.75 Å². The number of nitro benzene ring substituents is 1. The van der Waals surface area contributed by atoms with E-state index in [2.05, 4.69) is 0 Å². The van der Waals surface area contributed by atoms with E-state index in [-0.39, 0.29) is 17.0 Å². The van der Waals surface area contributed by atoms with Crippen molar-refractivity contribution in [3.05, 3.63) is 69.8 Å². The second-order valence-corrected chi connectivity index (χ2v) is 5.82. The molecule has 124 valence electrons. The average molecular weight is 327 g/mol. The second kappa shape index (κ2) is 6.62. The van der Waals surface area contributed by atoms with Crippen molar-refractivity contribution in [1.29, 1.82) is 0 Å². The highest BCUT2D eigenvalue weighted by atomic mass is 16.6. The lowest BCUT2D eigenvalue weighted by Crippen LogP contribution is -2.33. The Hall–Kier alpha value is -3.02. The van der Waals surface area contributed by atoms with Gasteiger partial charge in [0.15, 0.2) is 11.6 Å². The van der Waals surface area contributed by atoms with Crippen LogP contribution in [0.25, 0.3) is 0 Å². The molecule has 2 aromatic carbocycles. The zero-order valence-corrected chi connectivity index (χ0v) is 13.6. The predicted octanol–water partition coefficient (Wildman–Crippen LogP) is 3.70. The molecule has 0 amide bonds. The first-order chi connectivity index (χ1) is 11.3. The number of non-ortho nitro benzene ring substituents is 1. The highest BCUT2D eigenvalue weighted by Gasteiger charge is 2.37. The van der Waals surface area contributed by atoms with E-state index in [1.54, 1.807) is 38.1 Å². The number of methoxy groups -OCH3 is 1.